The highest BCUT2D eigenvalue weighted by atomic mass is 19.4. The van der Waals surface area contributed by atoms with Crippen molar-refractivity contribution in [3.8, 4) is 11.5 Å². The standard InChI is InChI=1S/C20H22F3N3O/c21-20(22,23)16-3-1-15(2-4-16)18-25-17(26-27-18)11-24-19-8-12-5-13(9-19)7-14(6-12)10-19/h1-4,12-14,24H,5-11H2. The van der Waals surface area contributed by atoms with Crippen molar-refractivity contribution in [1.82, 2.24) is 15.5 Å². The van der Waals surface area contributed by atoms with E-state index >= 15 is 0 Å². The lowest BCUT2D eigenvalue weighted by atomic mass is 9.53. The van der Waals surface area contributed by atoms with Gasteiger partial charge in [-0.05, 0) is 80.5 Å². The molecule has 0 spiro atoms. The molecule has 1 aromatic carbocycles. The number of hydrogen-bond donors (Lipinski definition) is 1. The molecule has 0 radical (unpaired) electrons. The van der Waals surface area contributed by atoms with Gasteiger partial charge >= 0.3 is 6.18 Å². The number of halogens is 3. The fraction of sp³-hybridized carbons (Fsp3) is 0.600. The van der Waals surface area contributed by atoms with E-state index < -0.39 is 11.7 Å². The van der Waals surface area contributed by atoms with Crippen LogP contribution in [0.5, 0.6) is 0 Å². The van der Waals surface area contributed by atoms with E-state index in [1.807, 2.05) is 0 Å². The van der Waals surface area contributed by atoms with Crippen LogP contribution in [0.4, 0.5) is 13.2 Å². The van der Waals surface area contributed by atoms with Crippen LogP contribution in [-0.4, -0.2) is 15.7 Å². The van der Waals surface area contributed by atoms with Crippen LogP contribution in [0.25, 0.3) is 11.5 Å². The summed E-state index contributed by atoms with van der Waals surface area (Å²) >= 11 is 0. The molecule has 4 bridgehead atoms. The van der Waals surface area contributed by atoms with E-state index in [0.717, 1.165) is 29.9 Å². The zero-order chi connectivity index (χ0) is 18.6. The van der Waals surface area contributed by atoms with Crippen LogP contribution in [0.15, 0.2) is 28.8 Å². The summed E-state index contributed by atoms with van der Waals surface area (Å²) in [5.74, 6) is 3.39. The molecule has 1 N–H and O–H groups in total. The maximum atomic E-state index is 12.7. The third kappa shape index (κ3) is 3.26. The SMILES string of the molecule is FC(F)(F)c1ccc(-c2nc(CNC34CC5CC(CC(C5)C3)C4)no2)cc1. The molecule has 4 nitrogen and oxygen atoms in total. The van der Waals surface area contributed by atoms with Gasteiger partial charge in [-0.3, -0.25) is 0 Å². The van der Waals surface area contributed by atoms with E-state index in [4.69, 9.17) is 4.52 Å². The van der Waals surface area contributed by atoms with Gasteiger partial charge in [0.05, 0.1) is 12.1 Å². The Kier molecular flexibility index (Phi) is 3.86. The molecule has 4 aliphatic rings. The molecular weight excluding hydrogens is 355 g/mol. The molecule has 0 atom stereocenters. The first-order chi connectivity index (χ1) is 12.9. The molecule has 7 heteroatoms. The Balaban J connectivity index is 1.26. The van der Waals surface area contributed by atoms with Gasteiger partial charge in [0.25, 0.3) is 5.89 Å². The second-order valence-electron chi connectivity index (χ2n) is 8.64. The summed E-state index contributed by atoms with van der Waals surface area (Å²) in [7, 11) is 0. The Labute approximate surface area is 155 Å². The minimum absolute atomic E-state index is 0.212. The van der Waals surface area contributed by atoms with Gasteiger partial charge in [0.1, 0.15) is 0 Å². The van der Waals surface area contributed by atoms with Crippen molar-refractivity contribution in [3.05, 3.63) is 35.7 Å². The van der Waals surface area contributed by atoms with E-state index in [0.29, 0.717) is 17.9 Å². The second-order valence-corrected chi connectivity index (χ2v) is 8.64. The number of aromatic nitrogens is 2. The van der Waals surface area contributed by atoms with Gasteiger partial charge in [-0.25, -0.2) is 0 Å². The summed E-state index contributed by atoms with van der Waals surface area (Å²) in [6.07, 6.45) is 3.54. The fourth-order valence-corrected chi connectivity index (χ4v) is 5.84. The first-order valence-corrected chi connectivity index (χ1v) is 9.64. The zero-order valence-corrected chi connectivity index (χ0v) is 14.9. The first kappa shape index (κ1) is 17.2. The molecule has 0 amide bonds. The molecule has 4 aliphatic carbocycles. The Hall–Kier alpha value is -1.89. The van der Waals surface area contributed by atoms with E-state index in [1.54, 1.807) is 0 Å². The number of alkyl halides is 3. The monoisotopic (exact) mass is 377 g/mol. The van der Waals surface area contributed by atoms with E-state index in [2.05, 4.69) is 15.5 Å². The molecule has 2 aromatic rings. The summed E-state index contributed by atoms with van der Waals surface area (Å²) in [5.41, 5.74) is 0.0233. The van der Waals surface area contributed by atoms with Gasteiger partial charge in [0.2, 0.25) is 0 Å². The maximum absolute atomic E-state index is 12.7. The molecule has 27 heavy (non-hydrogen) atoms. The van der Waals surface area contributed by atoms with Crippen molar-refractivity contribution in [2.75, 3.05) is 0 Å². The van der Waals surface area contributed by atoms with E-state index in [-0.39, 0.29) is 11.4 Å². The first-order valence-electron chi connectivity index (χ1n) is 9.64. The molecule has 6 rings (SSSR count). The maximum Gasteiger partial charge on any atom is 0.416 e. The molecule has 0 saturated heterocycles. The van der Waals surface area contributed by atoms with Crippen molar-refractivity contribution < 1.29 is 17.7 Å². The lowest BCUT2D eigenvalue weighted by Crippen LogP contribution is -2.58. The van der Waals surface area contributed by atoms with Gasteiger partial charge in [-0.2, -0.15) is 18.2 Å². The number of benzene rings is 1. The van der Waals surface area contributed by atoms with Gasteiger partial charge in [-0.15, -0.1) is 0 Å². The van der Waals surface area contributed by atoms with Crippen molar-refractivity contribution in [2.45, 2.75) is 56.8 Å². The van der Waals surface area contributed by atoms with Crippen LogP contribution in [0, 0.1) is 17.8 Å². The minimum Gasteiger partial charge on any atom is -0.334 e. The Morgan fingerprint density at radius 3 is 2.15 bits per heavy atom. The third-order valence-electron chi connectivity index (χ3n) is 6.59. The molecule has 144 valence electrons. The molecular formula is C20H22F3N3O. The zero-order valence-electron chi connectivity index (χ0n) is 14.9. The van der Waals surface area contributed by atoms with Crippen LogP contribution in [0.2, 0.25) is 0 Å². The quantitative estimate of drug-likeness (QED) is 0.830. The summed E-state index contributed by atoms with van der Waals surface area (Å²) < 4.78 is 43.3. The number of rotatable bonds is 4. The van der Waals surface area contributed by atoms with Gasteiger partial charge in [0.15, 0.2) is 5.82 Å². The lowest BCUT2D eigenvalue weighted by Gasteiger charge is -2.57. The van der Waals surface area contributed by atoms with Gasteiger partial charge in [-0.1, -0.05) is 5.16 Å². The number of hydrogen-bond acceptors (Lipinski definition) is 4. The average Bonchev–Trinajstić information content (AvgIpc) is 3.07. The number of nitrogens with one attached hydrogen (secondary N) is 1. The van der Waals surface area contributed by atoms with Crippen molar-refractivity contribution >= 4 is 0 Å². The minimum atomic E-state index is -4.35. The molecule has 0 aliphatic heterocycles. The van der Waals surface area contributed by atoms with E-state index in [9.17, 15) is 13.2 Å². The molecule has 4 saturated carbocycles. The summed E-state index contributed by atoms with van der Waals surface area (Å²) in [6.45, 7) is 0.538. The number of nitrogens with zero attached hydrogens (tertiary/aromatic N) is 2. The van der Waals surface area contributed by atoms with Crippen LogP contribution in [-0.2, 0) is 12.7 Å². The van der Waals surface area contributed by atoms with Crippen LogP contribution in [0.1, 0.15) is 49.9 Å². The average molecular weight is 377 g/mol. The van der Waals surface area contributed by atoms with Crippen molar-refractivity contribution in [3.63, 3.8) is 0 Å². The fourth-order valence-electron chi connectivity index (χ4n) is 5.84. The van der Waals surface area contributed by atoms with Crippen LogP contribution < -0.4 is 5.32 Å². The van der Waals surface area contributed by atoms with E-state index in [1.165, 1.54) is 50.7 Å². The highest BCUT2D eigenvalue weighted by Crippen LogP contribution is 2.55. The van der Waals surface area contributed by atoms with Crippen LogP contribution in [0.3, 0.4) is 0 Å². The predicted octanol–water partition coefficient (Wildman–Crippen LogP) is 4.81. The highest BCUT2D eigenvalue weighted by molar-refractivity contribution is 5.53. The Morgan fingerprint density at radius 1 is 1.00 bits per heavy atom. The normalized spacial score (nSPS) is 32.2. The van der Waals surface area contributed by atoms with Crippen molar-refractivity contribution in [1.29, 1.82) is 0 Å². The Morgan fingerprint density at radius 2 is 1.59 bits per heavy atom. The molecule has 1 heterocycles. The van der Waals surface area contributed by atoms with Crippen molar-refractivity contribution in [2.24, 2.45) is 17.8 Å². The molecule has 0 unspecified atom stereocenters. The van der Waals surface area contributed by atoms with Gasteiger partial charge in [0, 0.05) is 11.1 Å². The van der Waals surface area contributed by atoms with Gasteiger partial charge < -0.3 is 9.84 Å². The summed E-state index contributed by atoms with van der Waals surface area (Å²) in [4.78, 5) is 4.37. The topological polar surface area (TPSA) is 51.0 Å². The van der Waals surface area contributed by atoms with Crippen LogP contribution >= 0.6 is 0 Å². The third-order valence-corrected chi connectivity index (χ3v) is 6.59. The molecule has 1 aromatic heterocycles. The second kappa shape index (κ2) is 6.06. The molecule has 4 fully saturated rings. The lowest BCUT2D eigenvalue weighted by molar-refractivity contribution is -0.137. The largest absolute Gasteiger partial charge is 0.416 e. The summed E-state index contributed by atoms with van der Waals surface area (Å²) in [6, 6.07) is 4.80. The highest BCUT2D eigenvalue weighted by Gasteiger charge is 2.50. The summed E-state index contributed by atoms with van der Waals surface area (Å²) in [5, 5.41) is 7.71. The Bertz CT molecular complexity index is 792. The predicted molar refractivity (Wildman–Crippen MR) is 92.5 cm³/mol. The smallest absolute Gasteiger partial charge is 0.334 e.